The minimum atomic E-state index is -1.04. The molecule has 7 nitrogen and oxygen atoms in total. The van der Waals surface area contributed by atoms with E-state index in [4.69, 9.17) is 10.5 Å². The topological polar surface area (TPSA) is 98.9 Å². The van der Waals surface area contributed by atoms with Crippen LogP contribution in [0.4, 0.5) is 9.59 Å². The van der Waals surface area contributed by atoms with E-state index in [1.54, 1.807) is 4.90 Å². The minimum absolute atomic E-state index is 0.0435. The summed E-state index contributed by atoms with van der Waals surface area (Å²) < 4.78 is 9.71. The Balaban J connectivity index is 4.59. The maximum atomic E-state index is 12.2. The van der Waals surface area contributed by atoms with Gasteiger partial charge in [0.2, 0.25) is 0 Å². The van der Waals surface area contributed by atoms with Crippen LogP contribution in [0, 0.1) is 0 Å². The lowest BCUT2D eigenvalue weighted by molar-refractivity contribution is -0.115. The molecule has 0 bridgehead atoms. The fraction of sp³-hybridized carbons (Fsp3) is 0.786. The number of ether oxygens (including phenoxy) is 2. The van der Waals surface area contributed by atoms with Crippen molar-refractivity contribution in [3.8, 4) is 0 Å². The van der Waals surface area contributed by atoms with E-state index in [0.29, 0.717) is 6.29 Å². The standard InChI is InChI=1S/C14H26N2O5/c1-13(2,3)16(14(4,5)6)12(19)20-8-7-10(9-17)21-11(15)18/h9-10H,7-8H2,1-6H3,(H2,15,18)/t10-/m0/s1. The fourth-order valence-electron chi connectivity index (χ4n) is 2.18. The third kappa shape index (κ3) is 6.97. The number of hydrogen-bond acceptors (Lipinski definition) is 5. The Morgan fingerprint density at radius 3 is 1.95 bits per heavy atom. The second kappa shape index (κ2) is 7.28. The number of nitrogens with zero attached hydrogens (tertiary/aromatic N) is 1. The number of amides is 2. The molecule has 0 aliphatic heterocycles. The molecule has 0 aromatic rings. The van der Waals surface area contributed by atoms with E-state index in [2.05, 4.69) is 4.74 Å². The number of primary amides is 1. The summed E-state index contributed by atoms with van der Waals surface area (Å²) in [4.78, 5) is 35.1. The number of nitrogens with two attached hydrogens (primary N) is 1. The fourth-order valence-corrected chi connectivity index (χ4v) is 2.18. The summed E-state index contributed by atoms with van der Waals surface area (Å²) in [5, 5.41) is 0. The molecule has 0 aromatic carbocycles. The van der Waals surface area contributed by atoms with Crippen LogP contribution >= 0.6 is 0 Å². The maximum Gasteiger partial charge on any atom is 0.410 e. The molecule has 21 heavy (non-hydrogen) atoms. The molecule has 0 unspecified atom stereocenters. The molecule has 0 saturated carbocycles. The van der Waals surface area contributed by atoms with Crippen molar-refractivity contribution in [3.63, 3.8) is 0 Å². The van der Waals surface area contributed by atoms with E-state index in [-0.39, 0.29) is 13.0 Å². The van der Waals surface area contributed by atoms with Crippen molar-refractivity contribution in [2.45, 2.75) is 65.1 Å². The van der Waals surface area contributed by atoms with Crippen LogP contribution < -0.4 is 5.73 Å². The molecular formula is C14H26N2O5. The van der Waals surface area contributed by atoms with Crippen molar-refractivity contribution in [1.29, 1.82) is 0 Å². The predicted octanol–water partition coefficient (Wildman–Crippen LogP) is 2.07. The molecule has 1 atom stereocenters. The molecule has 0 rings (SSSR count). The Kier molecular flexibility index (Phi) is 6.66. The first kappa shape index (κ1) is 19.2. The molecule has 7 heteroatoms. The predicted molar refractivity (Wildman–Crippen MR) is 77.8 cm³/mol. The molecule has 0 saturated heterocycles. The second-order valence-electron chi connectivity index (χ2n) is 6.69. The summed E-state index contributed by atoms with van der Waals surface area (Å²) in [5.74, 6) is 0. The first-order valence-corrected chi connectivity index (χ1v) is 6.78. The van der Waals surface area contributed by atoms with Gasteiger partial charge in [-0.25, -0.2) is 9.59 Å². The summed E-state index contributed by atoms with van der Waals surface area (Å²) in [7, 11) is 0. The van der Waals surface area contributed by atoms with Gasteiger partial charge in [-0.2, -0.15) is 0 Å². The van der Waals surface area contributed by atoms with Crippen LogP contribution in [0.2, 0.25) is 0 Å². The van der Waals surface area contributed by atoms with Gasteiger partial charge in [0.05, 0.1) is 6.61 Å². The number of aldehydes is 1. The Hall–Kier alpha value is -1.79. The van der Waals surface area contributed by atoms with Gasteiger partial charge < -0.3 is 15.2 Å². The van der Waals surface area contributed by atoms with Crippen molar-refractivity contribution >= 4 is 18.5 Å². The van der Waals surface area contributed by atoms with E-state index < -0.39 is 29.4 Å². The third-order valence-corrected chi connectivity index (χ3v) is 2.57. The highest BCUT2D eigenvalue weighted by Crippen LogP contribution is 2.25. The van der Waals surface area contributed by atoms with Gasteiger partial charge in [-0.15, -0.1) is 0 Å². The summed E-state index contributed by atoms with van der Waals surface area (Å²) >= 11 is 0. The lowest BCUT2D eigenvalue weighted by atomic mass is 9.97. The number of rotatable bonds is 5. The van der Waals surface area contributed by atoms with Gasteiger partial charge in [0.1, 0.15) is 0 Å². The molecular weight excluding hydrogens is 276 g/mol. The number of hydrogen-bond donors (Lipinski definition) is 1. The maximum absolute atomic E-state index is 12.2. The van der Waals surface area contributed by atoms with Gasteiger partial charge in [-0.1, -0.05) is 0 Å². The van der Waals surface area contributed by atoms with Crippen molar-refractivity contribution in [2.75, 3.05) is 6.61 Å². The minimum Gasteiger partial charge on any atom is -0.449 e. The highest BCUT2D eigenvalue weighted by atomic mass is 16.6. The van der Waals surface area contributed by atoms with Gasteiger partial charge >= 0.3 is 12.2 Å². The third-order valence-electron chi connectivity index (χ3n) is 2.57. The highest BCUT2D eigenvalue weighted by molar-refractivity contribution is 5.70. The molecule has 0 aliphatic carbocycles. The number of carbonyl (C=O) groups excluding carboxylic acids is 3. The molecule has 0 aliphatic rings. The van der Waals surface area contributed by atoms with E-state index in [1.807, 2.05) is 41.5 Å². The first-order valence-electron chi connectivity index (χ1n) is 6.78. The van der Waals surface area contributed by atoms with Crippen LogP contribution in [0.15, 0.2) is 0 Å². The molecule has 0 radical (unpaired) electrons. The van der Waals surface area contributed by atoms with Crippen molar-refractivity contribution < 1.29 is 23.9 Å². The van der Waals surface area contributed by atoms with Crippen LogP contribution in [0.3, 0.4) is 0 Å². The van der Waals surface area contributed by atoms with Crippen LogP contribution in [-0.2, 0) is 14.3 Å². The second-order valence-corrected chi connectivity index (χ2v) is 6.69. The SMILES string of the molecule is CC(C)(C)N(C(=O)OCC[C@@H](C=O)OC(N)=O)C(C)(C)C. The lowest BCUT2D eigenvalue weighted by Crippen LogP contribution is -2.55. The summed E-state index contributed by atoms with van der Waals surface area (Å²) in [6, 6.07) is 0. The Labute approximate surface area is 125 Å². The van der Waals surface area contributed by atoms with E-state index in [1.165, 1.54) is 0 Å². The largest absolute Gasteiger partial charge is 0.449 e. The van der Waals surface area contributed by atoms with Gasteiger partial charge in [0.25, 0.3) is 0 Å². The van der Waals surface area contributed by atoms with Crippen LogP contribution in [-0.4, -0.2) is 47.2 Å². The lowest BCUT2D eigenvalue weighted by Gasteiger charge is -2.44. The van der Waals surface area contributed by atoms with Crippen molar-refractivity contribution in [1.82, 2.24) is 4.90 Å². The van der Waals surface area contributed by atoms with Gasteiger partial charge in [0, 0.05) is 17.5 Å². The quantitative estimate of drug-likeness (QED) is 0.784. The van der Waals surface area contributed by atoms with E-state index >= 15 is 0 Å². The first-order chi connectivity index (χ1) is 9.39. The van der Waals surface area contributed by atoms with Gasteiger partial charge in [-0.3, -0.25) is 9.69 Å². The summed E-state index contributed by atoms with van der Waals surface area (Å²) in [6.07, 6.45) is -2.01. The summed E-state index contributed by atoms with van der Waals surface area (Å²) in [5.41, 5.74) is 4.00. The Morgan fingerprint density at radius 1 is 1.14 bits per heavy atom. The zero-order valence-electron chi connectivity index (χ0n) is 13.6. The van der Waals surface area contributed by atoms with Crippen molar-refractivity contribution in [2.24, 2.45) is 5.73 Å². The van der Waals surface area contributed by atoms with Gasteiger partial charge in [-0.05, 0) is 41.5 Å². The van der Waals surface area contributed by atoms with Crippen LogP contribution in [0.1, 0.15) is 48.0 Å². The number of carbonyl (C=O) groups is 3. The van der Waals surface area contributed by atoms with E-state index in [0.717, 1.165) is 0 Å². The van der Waals surface area contributed by atoms with Gasteiger partial charge in [0.15, 0.2) is 12.4 Å². The highest BCUT2D eigenvalue weighted by Gasteiger charge is 2.36. The molecule has 0 heterocycles. The monoisotopic (exact) mass is 302 g/mol. The molecule has 122 valence electrons. The van der Waals surface area contributed by atoms with Crippen molar-refractivity contribution in [3.05, 3.63) is 0 Å². The Morgan fingerprint density at radius 2 is 1.62 bits per heavy atom. The zero-order valence-corrected chi connectivity index (χ0v) is 13.6. The molecule has 0 fully saturated rings. The molecule has 0 aromatic heterocycles. The molecule has 2 N–H and O–H groups in total. The smallest absolute Gasteiger partial charge is 0.410 e. The van der Waals surface area contributed by atoms with Crippen LogP contribution in [0.5, 0.6) is 0 Å². The average Bonchev–Trinajstić information content (AvgIpc) is 2.22. The molecule has 0 spiro atoms. The Bertz CT molecular complexity index is 368. The average molecular weight is 302 g/mol. The van der Waals surface area contributed by atoms with Crippen LogP contribution in [0.25, 0.3) is 0 Å². The summed E-state index contributed by atoms with van der Waals surface area (Å²) in [6.45, 7) is 11.4. The molecule has 2 amide bonds. The normalized spacial score (nSPS) is 13.2. The zero-order chi connectivity index (χ0) is 16.8. The van der Waals surface area contributed by atoms with E-state index in [9.17, 15) is 14.4 Å².